The van der Waals surface area contributed by atoms with Crippen LogP contribution >= 0.6 is 0 Å². The fourth-order valence-electron chi connectivity index (χ4n) is 6.28. The summed E-state index contributed by atoms with van der Waals surface area (Å²) in [5, 5.41) is 9.85. The van der Waals surface area contributed by atoms with Gasteiger partial charge in [-0.1, -0.05) is 30.3 Å². The van der Waals surface area contributed by atoms with Crippen LogP contribution in [-0.4, -0.2) is 68.4 Å². The van der Waals surface area contributed by atoms with Crippen LogP contribution in [0.1, 0.15) is 17.0 Å². The number of aromatic nitrogens is 1. The Bertz CT molecular complexity index is 2270. The maximum atomic E-state index is 13.0. The minimum atomic E-state index is -1.03. The van der Waals surface area contributed by atoms with E-state index in [1.54, 1.807) is 58.0 Å². The molecule has 2 heterocycles. The smallest absolute Gasteiger partial charge is 0.327 e. The molecule has 1 saturated heterocycles. The summed E-state index contributed by atoms with van der Waals surface area (Å²) in [4.78, 5) is 39.5. The number of carbonyl (C=O) groups is 2. The third-order valence-electron chi connectivity index (χ3n) is 9.35. The first-order valence-electron chi connectivity index (χ1n) is 18.5. The molecule has 58 heavy (non-hydrogen) atoms. The molecule has 0 spiro atoms. The molecule has 0 radical (unpaired) electrons. The van der Waals surface area contributed by atoms with Gasteiger partial charge in [0.25, 0.3) is 0 Å². The molecule has 1 aliphatic heterocycles. The second-order valence-corrected chi connectivity index (χ2v) is 13.1. The van der Waals surface area contributed by atoms with E-state index in [4.69, 9.17) is 23.4 Å². The molecule has 1 aromatic heterocycles. The summed E-state index contributed by atoms with van der Waals surface area (Å²) < 4.78 is 27.1. The number of aryl methyl sites for hydroxylation is 1. The number of amides is 1. The number of carbonyl (C=O) groups excluding carboxylic acids is 1. The van der Waals surface area contributed by atoms with E-state index in [2.05, 4.69) is 15.0 Å². The lowest BCUT2D eigenvalue weighted by atomic mass is 9.81. The van der Waals surface area contributed by atoms with Crippen molar-refractivity contribution in [2.45, 2.75) is 25.8 Å². The molecular formula is C46H44N4O8. The van der Waals surface area contributed by atoms with Crippen LogP contribution in [0.15, 0.2) is 142 Å². The van der Waals surface area contributed by atoms with E-state index in [1.807, 2.05) is 110 Å². The number of aliphatic carboxylic acids is 1. The van der Waals surface area contributed by atoms with Crippen molar-refractivity contribution in [3.05, 3.63) is 144 Å². The lowest BCUT2D eigenvalue weighted by Gasteiger charge is -2.44. The number of β-lactam (4-membered cyclic amide) rings is 1. The molecule has 0 saturated carbocycles. The summed E-state index contributed by atoms with van der Waals surface area (Å²) >= 11 is 0. The highest BCUT2D eigenvalue weighted by Crippen LogP contribution is 2.36. The van der Waals surface area contributed by atoms with Crippen molar-refractivity contribution < 1.29 is 38.1 Å². The third kappa shape index (κ3) is 10.3. The number of methoxy groups -OCH3 is 3. The minimum Gasteiger partial charge on any atom is -0.497 e. The van der Waals surface area contributed by atoms with Gasteiger partial charge < -0.3 is 28.5 Å². The molecule has 296 valence electrons. The Labute approximate surface area is 337 Å². The number of anilines is 1. The summed E-state index contributed by atoms with van der Waals surface area (Å²) in [6.07, 6.45) is 4.20. The number of aliphatic imine (C=N–C) groups is 2. The van der Waals surface area contributed by atoms with Gasteiger partial charge in [0.1, 0.15) is 34.8 Å². The normalized spacial score (nSPS) is 14.8. The van der Waals surface area contributed by atoms with Gasteiger partial charge in [-0.15, -0.1) is 0 Å². The Morgan fingerprint density at radius 2 is 1.33 bits per heavy atom. The zero-order chi connectivity index (χ0) is 40.9. The standard InChI is InChI=1S/C30H28N2O6.C16H16N2O2/c1-19-26(31-28(38-19)21-8-4-3-5-9-21)15-16-37-24-10-6-7-20(17-24)18-25-27(30(34)35)32(29(25)33)22-11-13-23(36-2)14-12-22;1-19-15-7-3-13(4-8-15)17-11-12-18-14-5-9-16(20-2)10-6-14/h3-14,17,25,27H,15-16,18H2,1-2H3,(H,34,35);3-12H,1-2H3/t25-,27-;/m0./s1. The van der Waals surface area contributed by atoms with Gasteiger partial charge in [0.05, 0.1) is 50.9 Å². The fourth-order valence-corrected chi connectivity index (χ4v) is 6.28. The van der Waals surface area contributed by atoms with Crippen LogP contribution in [0.25, 0.3) is 11.5 Å². The fraction of sp³-hybridized carbons (Fsp3) is 0.196. The molecule has 7 rings (SSSR count). The van der Waals surface area contributed by atoms with Crippen LogP contribution in [0.5, 0.6) is 23.0 Å². The highest BCUT2D eigenvalue weighted by molar-refractivity contribution is 6.17. The monoisotopic (exact) mass is 780 g/mol. The van der Waals surface area contributed by atoms with Crippen LogP contribution in [0.2, 0.25) is 0 Å². The van der Waals surface area contributed by atoms with Crippen LogP contribution < -0.4 is 23.8 Å². The van der Waals surface area contributed by atoms with Gasteiger partial charge in [0, 0.05) is 30.1 Å². The SMILES string of the molecule is COc1ccc(N2C(=O)[C@@H](Cc3cccc(OCCc4nc(-c5ccccc5)oc4C)c3)[C@H]2C(=O)O)cc1.COc1ccc(N=CC=Nc2ccc(OC)cc2)cc1. The lowest BCUT2D eigenvalue weighted by molar-refractivity contribution is -0.149. The molecule has 0 aliphatic carbocycles. The Hall–Kier alpha value is -7.21. The van der Waals surface area contributed by atoms with Crippen LogP contribution in [0.4, 0.5) is 17.1 Å². The van der Waals surface area contributed by atoms with Crippen LogP contribution in [-0.2, 0) is 22.4 Å². The van der Waals surface area contributed by atoms with Gasteiger partial charge in [0.15, 0.2) is 0 Å². The van der Waals surface area contributed by atoms with Gasteiger partial charge in [0.2, 0.25) is 11.8 Å². The number of ether oxygens (including phenoxy) is 4. The highest BCUT2D eigenvalue weighted by atomic mass is 16.5. The molecule has 6 aromatic rings. The van der Waals surface area contributed by atoms with Gasteiger partial charge in [-0.05, 0) is 116 Å². The zero-order valence-electron chi connectivity index (χ0n) is 32.6. The van der Waals surface area contributed by atoms with E-state index >= 15 is 0 Å². The second-order valence-electron chi connectivity index (χ2n) is 13.1. The van der Waals surface area contributed by atoms with Gasteiger partial charge in [-0.25, -0.2) is 9.78 Å². The number of nitrogens with zero attached hydrogens (tertiary/aromatic N) is 4. The lowest BCUT2D eigenvalue weighted by Crippen LogP contribution is -2.65. The van der Waals surface area contributed by atoms with Gasteiger partial charge in [-0.2, -0.15) is 0 Å². The summed E-state index contributed by atoms with van der Waals surface area (Å²) in [7, 11) is 4.83. The van der Waals surface area contributed by atoms with E-state index in [-0.39, 0.29) is 5.91 Å². The van der Waals surface area contributed by atoms with E-state index in [0.29, 0.717) is 42.5 Å². The number of hydrogen-bond acceptors (Lipinski definition) is 10. The molecule has 1 aliphatic rings. The number of benzene rings is 5. The predicted molar refractivity (Wildman–Crippen MR) is 224 cm³/mol. The Morgan fingerprint density at radius 3 is 1.88 bits per heavy atom. The molecule has 2 atom stereocenters. The Morgan fingerprint density at radius 1 is 0.759 bits per heavy atom. The number of carboxylic acids is 1. The topological polar surface area (TPSA) is 145 Å². The molecule has 0 unspecified atom stereocenters. The number of rotatable bonds is 15. The number of oxazole rings is 1. The van der Waals surface area contributed by atoms with E-state index in [1.165, 1.54) is 4.90 Å². The summed E-state index contributed by atoms with van der Waals surface area (Å²) in [5.41, 5.74) is 4.84. The Kier molecular flexibility index (Phi) is 13.7. The van der Waals surface area contributed by atoms with Crippen molar-refractivity contribution in [2.24, 2.45) is 15.9 Å². The third-order valence-corrected chi connectivity index (χ3v) is 9.35. The summed E-state index contributed by atoms with van der Waals surface area (Å²) in [6.45, 7) is 2.29. The molecule has 12 nitrogen and oxygen atoms in total. The first-order chi connectivity index (χ1) is 28.3. The summed E-state index contributed by atoms with van der Waals surface area (Å²) in [5.74, 6) is 2.36. The minimum absolute atomic E-state index is 0.218. The second kappa shape index (κ2) is 19.6. The zero-order valence-corrected chi connectivity index (χ0v) is 32.6. The van der Waals surface area contributed by atoms with Crippen molar-refractivity contribution in [3.8, 4) is 34.5 Å². The first-order valence-corrected chi connectivity index (χ1v) is 18.5. The van der Waals surface area contributed by atoms with Crippen molar-refractivity contribution in [3.63, 3.8) is 0 Å². The van der Waals surface area contributed by atoms with Crippen molar-refractivity contribution in [1.82, 2.24) is 4.98 Å². The number of hydrogen-bond donors (Lipinski definition) is 1. The summed E-state index contributed by atoms with van der Waals surface area (Å²) in [6, 6.07) is 38.0. The van der Waals surface area contributed by atoms with E-state index in [9.17, 15) is 14.7 Å². The molecule has 1 N–H and O–H groups in total. The van der Waals surface area contributed by atoms with Crippen molar-refractivity contribution in [1.29, 1.82) is 0 Å². The first kappa shape index (κ1) is 40.5. The predicted octanol–water partition coefficient (Wildman–Crippen LogP) is 8.75. The average molecular weight is 781 g/mol. The largest absolute Gasteiger partial charge is 0.497 e. The average Bonchev–Trinajstić information content (AvgIpc) is 3.64. The molecular weight excluding hydrogens is 737 g/mol. The van der Waals surface area contributed by atoms with Gasteiger partial charge >= 0.3 is 5.97 Å². The highest BCUT2D eigenvalue weighted by Gasteiger charge is 2.52. The van der Waals surface area contributed by atoms with E-state index < -0.39 is 17.9 Å². The van der Waals surface area contributed by atoms with Crippen LogP contribution in [0, 0.1) is 12.8 Å². The number of carboxylic acid groups (broad SMARTS) is 1. The molecule has 5 aromatic carbocycles. The van der Waals surface area contributed by atoms with Crippen molar-refractivity contribution >= 4 is 41.4 Å². The van der Waals surface area contributed by atoms with E-state index in [0.717, 1.165) is 45.5 Å². The maximum Gasteiger partial charge on any atom is 0.327 e. The maximum absolute atomic E-state index is 13.0. The van der Waals surface area contributed by atoms with Crippen molar-refractivity contribution in [2.75, 3.05) is 32.8 Å². The molecule has 1 amide bonds. The molecule has 12 heteroatoms. The quantitative estimate of drug-likeness (QED) is 0.0799. The molecule has 1 fully saturated rings. The van der Waals surface area contributed by atoms with Crippen LogP contribution in [0.3, 0.4) is 0 Å². The van der Waals surface area contributed by atoms with Gasteiger partial charge in [-0.3, -0.25) is 19.7 Å². The Balaban J connectivity index is 0.000000239. The molecule has 0 bridgehead atoms.